The molecule has 0 radical (unpaired) electrons. The quantitative estimate of drug-likeness (QED) is 0.276. The molecule has 0 aliphatic carbocycles. The number of ether oxygens (including phenoxy) is 1. The molecule has 0 saturated carbocycles. The van der Waals surface area contributed by atoms with Gasteiger partial charge < -0.3 is 25.4 Å². The smallest absolute Gasteiger partial charge is 0.248 e. The maximum Gasteiger partial charge on any atom is 0.248 e. The lowest BCUT2D eigenvalue weighted by Crippen LogP contribution is -2.55. The van der Waals surface area contributed by atoms with Gasteiger partial charge >= 0.3 is 0 Å². The summed E-state index contributed by atoms with van der Waals surface area (Å²) in [5, 5.41) is 17.3. The van der Waals surface area contributed by atoms with Gasteiger partial charge in [-0.3, -0.25) is 14.4 Å². The van der Waals surface area contributed by atoms with Crippen molar-refractivity contribution in [2.45, 2.75) is 54.7 Å². The van der Waals surface area contributed by atoms with Gasteiger partial charge in [0.1, 0.15) is 11.8 Å². The number of hydrogen-bond donors (Lipinski definition) is 3. The fraction of sp³-hybridized carbons (Fsp3) is 0.382. The molecule has 3 aromatic carbocycles. The van der Waals surface area contributed by atoms with Crippen LogP contribution in [0.4, 0.5) is 11.4 Å². The summed E-state index contributed by atoms with van der Waals surface area (Å²) in [6, 6.07) is 22.1. The zero-order valence-electron chi connectivity index (χ0n) is 24.7. The van der Waals surface area contributed by atoms with Gasteiger partial charge in [0, 0.05) is 21.1 Å². The Morgan fingerprint density at radius 1 is 1.00 bits per heavy atom. The number of benzene rings is 3. The van der Waals surface area contributed by atoms with Crippen molar-refractivity contribution < 1.29 is 24.2 Å². The van der Waals surface area contributed by atoms with Crippen LogP contribution in [-0.4, -0.2) is 62.5 Å². The van der Waals surface area contributed by atoms with Gasteiger partial charge in [-0.1, -0.05) is 41.9 Å². The van der Waals surface area contributed by atoms with Crippen LogP contribution in [0, 0.1) is 11.8 Å². The van der Waals surface area contributed by atoms with E-state index in [2.05, 4.69) is 10.6 Å². The highest BCUT2D eigenvalue weighted by atomic mass is 35.5. The molecule has 230 valence electrons. The monoisotopic (exact) mass is 633 g/mol. The molecule has 3 heterocycles. The molecule has 2 unspecified atom stereocenters. The number of nitrogens with one attached hydrogen (secondary N) is 2. The Bertz CT molecular complexity index is 1540. The molecule has 3 amide bonds. The van der Waals surface area contributed by atoms with Crippen LogP contribution in [0.3, 0.4) is 0 Å². The van der Waals surface area contributed by atoms with Gasteiger partial charge in [0.25, 0.3) is 0 Å². The standard InChI is InChI=1S/C34H36ClN3O5S/c1-3-43-26-15-13-24(14-16-26)36-30(40)27-28-32(42)38(25(20-39)19-21-7-5-4-6-8-21)29(34(28)18-17-33(27,2)44-34)31(41)37-23-11-9-22(35)10-12-23/h4-16,25,27-29,39H,3,17-20H2,1-2H3,(H,36,40)(H,37,41)/t25-,27+,28+,29?,33-,34?/m1/s1. The second-order valence-corrected chi connectivity index (χ2v) is 14.3. The zero-order valence-corrected chi connectivity index (χ0v) is 26.2. The highest BCUT2D eigenvalue weighted by Crippen LogP contribution is 2.71. The van der Waals surface area contributed by atoms with Crippen LogP contribution >= 0.6 is 23.4 Å². The van der Waals surface area contributed by atoms with Crippen LogP contribution in [0.25, 0.3) is 0 Å². The number of aliphatic hydroxyl groups excluding tert-OH is 1. The molecule has 3 N–H and O–H groups in total. The van der Waals surface area contributed by atoms with Gasteiger partial charge in [-0.25, -0.2) is 0 Å². The normalized spacial score (nSPS) is 27.6. The average Bonchev–Trinajstić information content (AvgIpc) is 3.59. The molecule has 8 nitrogen and oxygen atoms in total. The number of likely N-dealkylation sites (tertiary alicyclic amines) is 1. The third-order valence-electron chi connectivity index (χ3n) is 9.21. The number of fused-ring (bicyclic) bond motifs is 1. The van der Waals surface area contributed by atoms with Crippen molar-refractivity contribution in [3.63, 3.8) is 0 Å². The number of rotatable bonds is 10. The molecular formula is C34H36ClN3O5S. The van der Waals surface area contributed by atoms with E-state index in [4.69, 9.17) is 16.3 Å². The first-order valence-electron chi connectivity index (χ1n) is 15.0. The van der Waals surface area contributed by atoms with E-state index in [-0.39, 0.29) is 24.3 Å². The Balaban J connectivity index is 1.36. The van der Waals surface area contributed by atoms with Gasteiger partial charge in [0.2, 0.25) is 17.7 Å². The van der Waals surface area contributed by atoms with Gasteiger partial charge in [-0.05, 0) is 87.2 Å². The molecule has 3 aliphatic heterocycles. The van der Waals surface area contributed by atoms with Crippen molar-refractivity contribution in [2.24, 2.45) is 11.8 Å². The summed E-state index contributed by atoms with van der Waals surface area (Å²) in [6.07, 6.45) is 1.67. The Morgan fingerprint density at radius 2 is 1.64 bits per heavy atom. The lowest BCUT2D eigenvalue weighted by Gasteiger charge is -2.37. The third kappa shape index (κ3) is 5.35. The number of anilines is 2. The number of nitrogens with zero attached hydrogens (tertiary/aromatic N) is 1. The molecule has 6 atom stereocenters. The minimum atomic E-state index is -0.883. The van der Waals surface area contributed by atoms with Crippen molar-refractivity contribution in [1.82, 2.24) is 4.90 Å². The van der Waals surface area contributed by atoms with Crippen LogP contribution in [0.5, 0.6) is 5.75 Å². The first-order valence-corrected chi connectivity index (χ1v) is 16.2. The van der Waals surface area contributed by atoms with Crippen molar-refractivity contribution in [3.05, 3.63) is 89.4 Å². The second kappa shape index (κ2) is 12.1. The summed E-state index contributed by atoms with van der Waals surface area (Å²) >= 11 is 7.67. The number of carbonyl (C=O) groups excluding carboxylic acids is 3. The van der Waals surface area contributed by atoms with Crippen molar-refractivity contribution >= 4 is 52.5 Å². The molecule has 3 aromatic rings. The Hall–Kier alpha value is -3.53. The first-order chi connectivity index (χ1) is 21.2. The number of hydrogen-bond acceptors (Lipinski definition) is 6. The number of aliphatic hydroxyl groups is 1. The highest BCUT2D eigenvalue weighted by Gasteiger charge is 2.77. The molecule has 6 rings (SSSR count). The molecule has 3 saturated heterocycles. The molecule has 3 fully saturated rings. The second-order valence-electron chi connectivity index (χ2n) is 11.9. The van der Waals surface area contributed by atoms with Crippen LogP contribution in [-0.2, 0) is 20.8 Å². The van der Waals surface area contributed by atoms with E-state index in [0.717, 1.165) is 5.56 Å². The minimum Gasteiger partial charge on any atom is -0.494 e. The van der Waals surface area contributed by atoms with E-state index in [0.29, 0.717) is 48.0 Å². The zero-order chi connectivity index (χ0) is 31.1. The first kappa shape index (κ1) is 30.5. The molecule has 44 heavy (non-hydrogen) atoms. The molecule has 0 aromatic heterocycles. The fourth-order valence-electron chi connectivity index (χ4n) is 7.36. The number of carbonyl (C=O) groups is 3. The Morgan fingerprint density at radius 3 is 2.27 bits per heavy atom. The third-order valence-corrected chi connectivity index (χ3v) is 11.4. The van der Waals surface area contributed by atoms with Crippen LogP contribution < -0.4 is 15.4 Å². The maximum absolute atomic E-state index is 14.6. The van der Waals surface area contributed by atoms with Crippen molar-refractivity contribution in [3.8, 4) is 5.75 Å². The lowest BCUT2D eigenvalue weighted by atomic mass is 9.66. The largest absolute Gasteiger partial charge is 0.494 e. The Labute approximate surface area is 266 Å². The van der Waals surface area contributed by atoms with E-state index in [1.165, 1.54) is 0 Å². The molecule has 1 spiro atoms. The predicted octanol–water partition coefficient (Wildman–Crippen LogP) is 5.40. The van der Waals surface area contributed by atoms with Crippen LogP contribution in [0.15, 0.2) is 78.9 Å². The van der Waals surface area contributed by atoms with Gasteiger partial charge in [-0.15, -0.1) is 11.8 Å². The van der Waals surface area contributed by atoms with E-state index >= 15 is 0 Å². The summed E-state index contributed by atoms with van der Waals surface area (Å²) in [5.41, 5.74) is 2.11. The summed E-state index contributed by atoms with van der Waals surface area (Å²) < 4.78 is 4.17. The summed E-state index contributed by atoms with van der Waals surface area (Å²) in [6.45, 7) is 4.16. The number of halogens is 1. The van der Waals surface area contributed by atoms with E-state index in [1.54, 1.807) is 65.2 Å². The average molecular weight is 634 g/mol. The molecular weight excluding hydrogens is 598 g/mol. The predicted molar refractivity (Wildman–Crippen MR) is 173 cm³/mol. The van der Waals surface area contributed by atoms with E-state index in [1.807, 2.05) is 44.2 Å². The summed E-state index contributed by atoms with van der Waals surface area (Å²) in [7, 11) is 0. The lowest BCUT2D eigenvalue weighted by molar-refractivity contribution is -0.141. The van der Waals surface area contributed by atoms with Gasteiger partial charge in [0.15, 0.2) is 0 Å². The van der Waals surface area contributed by atoms with Crippen LogP contribution in [0.2, 0.25) is 5.02 Å². The van der Waals surface area contributed by atoms with Crippen molar-refractivity contribution in [1.29, 1.82) is 0 Å². The SMILES string of the molecule is CCOc1ccc(NC(=O)[C@@H]2[C@H]3C(=O)N([C@@H](CO)Cc4ccccc4)C(C(=O)Nc4ccc(Cl)cc4)C34CC[C@@]2(C)S4)cc1. The van der Waals surface area contributed by atoms with E-state index in [9.17, 15) is 19.5 Å². The highest BCUT2D eigenvalue weighted by molar-refractivity contribution is 8.02. The molecule has 2 bridgehead atoms. The fourth-order valence-corrected chi connectivity index (χ4v) is 9.83. The summed E-state index contributed by atoms with van der Waals surface area (Å²) in [5.74, 6) is -1.52. The van der Waals surface area contributed by atoms with Gasteiger partial charge in [-0.2, -0.15) is 0 Å². The number of amides is 3. The molecule has 10 heteroatoms. The minimum absolute atomic E-state index is 0.244. The van der Waals surface area contributed by atoms with Gasteiger partial charge in [0.05, 0.1) is 35.8 Å². The van der Waals surface area contributed by atoms with E-state index < -0.39 is 33.4 Å². The topological polar surface area (TPSA) is 108 Å². The molecule has 3 aliphatic rings. The number of thioether (sulfide) groups is 1. The maximum atomic E-state index is 14.6. The Kier molecular flexibility index (Phi) is 8.39. The van der Waals surface area contributed by atoms with Crippen molar-refractivity contribution in [2.75, 3.05) is 23.8 Å². The summed E-state index contributed by atoms with van der Waals surface area (Å²) in [4.78, 5) is 44.5. The van der Waals surface area contributed by atoms with Crippen LogP contribution in [0.1, 0.15) is 32.3 Å².